The topological polar surface area (TPSA) is 90.4 Å². The van der Waals surface area contributed by atoms with E-state index in [1.807, 2.05) is 122 Å². The molecule has 8 nitrogen and oxygen atoms in total. The van der Waals surface area contributed by atoms with Crippen molar-refractivity contribution >= 4 is 45.6 Å². The first-order chi connectivity index (χ1) is 25.5. The van der Waals surface area contributed by atoms with E-state index in [1.165, 1.54) is 13.8 Å². The summed E-state index contributed by atoms with van der Waals surface area (Å²) >= 11 is 0. The van der Waals surface area contributed by atoms with Crippen LogP contribution >= 0.6 is 0 Å². The number of alkyl halides is 1. The van der Waals surface area contributed by atoms with Crippen molar-refractivity contribution in [1.82, 2.24) is 4.90 Å². The van der Waals surface area contributed by atoms with Crippen LogP contribution < -0.4 is 9.80 Å². The second kappa shape index (κ2) is 13.2. The summed E-state index contributed by atoms with van der Waals surface area (Å²) < 4.78 is 23.1. The lowest BCUT2D eigenvalue weighted by Crippen LogP contribution is -2.45. The summed E-state index contributed by atoms with van der Waals surface area (Å²) in [5.74, 6) is -2.04. The zero-order valence-electron chi connectivity index (χ0n) is 30.0. The lowest BCUT2D eigenvalue weighted by molar-refractivity contribution is -0.150. The number of hydrogen-bond donors (Lipinski definition) is 1. The third-order valence-corrected chi connectivity index (χ3v) is 11.3. The standard InChI is InChI=1S/C44H42FN3O5/c1-28-40(43(2,3)45)37(25-38(50)46(23-24-49)26-29-11-5-4-6-12-29)53-44(28)34-16-7-8-17-35(34)47(42(44)52)27-30-19-21-32(22-20-30)48-36-18-10-14-31-13-9-15-33(39(31)36)41(48)51/h4-22,28,37,40,49H,23-27H2,1-3H3/t28-,37+,40-,44+/m0/s1. The maximum absolute atomic E-state index is 16.3. The fourth-order valence-electron chi connectivity index (χ4n) is 8.98. The van der Waals surface area contributed by atoms with Gasteiger partial charge in [-0.3, -0.25) is 19.3 Å². The molecule has 1 saturated heterocycles. The molecule has 0 aromatic heterocycles. The number of carbonyl (C=O) groups is 3. The van der Waals surface area contributed by atoms with Gasteiger partial charge < -0.3 is 19.6 Å². The largest absolute Gasteiger partial charge is 0.395 e. The van der Waals surface area contributed by atoms with Crippen LogP contribution in [0.15, 0.2) is 115 Å². The Morgan fingerprint density at radius 1 is 0.868 bits per heavy atom. The number of nitrogens with zero attached hydrogens (tertiary/aromatic N) is 3. The maximum atomic E-state index is 16.3. The minimum absolute atomic E-state index is 0.0829. The van der Waals surface area contributed by atoms with E-state index in [0.29, 0.717) is 23.4 Å². The van der Waals surface area contributed by atoms with Crippen molar-refractivity contribution in [1.29, 1.82) is 0 Å². The average molecular weight is 712 g/mol. The zero-order chi connectivity index (χ0) is 37.1. The maximum Gasteiger partial charge on any atom is 0.264 e. The van der Waals surface area contributed by atoms with Crippen LogP contribution in [0.25, 0.3) is 10.8 Å². The number of aliphatic hydroxyl groups is 1. The Kier molecular flexibility index (Phi) is 8.66. The smallest absolute Gasteiger partial charge is 0.264 e. The first-order valence-electron chi connectivity index (χ1n) is 18.2. The van der Waals surface area contributed by atoms with E-state index >= 15 is 4.39 Å². The summed E-state index contributed by atoms with van der Waals surface area (Å²) in [6.07, 6.45) is -1.03. The van der Waals surface area contributed by atoms with Gasteiger partial charge in [0.25, 0.3) is 11.8 Å². The number of hydrogen-bond acceptors (Lipinski definition) is 5. The van der Waals surface area contributed by atoms with Crippen LogP contribution in [0.4, 0.5) is 21.5 Å². The Bertz CT molecular complexity index is 2210. The number of fused-ring (bicyclic) bond motifs is 2. The fourth-order valence-corrected chi connectivity index (χ4v) is 8.98. The minimum Gasteiger partial charge on any atom is -0.395 e. The normalized spacial score (nSPS) is 21.9. The predicted octanol–water partition coefficient (Wildman–Crippen LogP) is 7.68. The molecule has 0 aliphatic carbocycles. The Morgan fingerprint density at radius 2 is 1.55 bits per heavy atom. The molecule has 0 unspecified atom stereocenters. The number of ether oxygens (including phenoxy) is 1. The average Bonchev–Trinajstić information content (AvgIpc) is 3.70. The van der Waals surface area contributed by atoms with Gasteiger partial charge in [-0.05, 0) is 60.7 Å². The van der Waals surface area contributed by atoms with Crippen LogP contribution in [-0.4, -0.2) is 52.7 Å². The second-order valence-electron chi connectivity index (χ2n) is 14.9. The zero-order valence-corrected chi connectivity index (χ0v) is 30.0. The van der Waals surface area contributed by atoms with Crippen molar-refractivity contribution in [2.75, 3.05) is 23.0 Å². The second-order valence-corrected chi connectivity index (χ2v) is 14.9. The van der Waals surface area contributed by atoms with Gasteiger partial charge in [-0.15, -0.1) is 0 Å². The molecule has 1 fully saturated rings. The first-order valence-corrected chi connectivity index (χ1v) is 18.2. The number of rotatable bonds is 10. The molecule has 3 aliphatic rings. The molecule has 3 amide bonds. The Morgan fingerprint density at radius 3 is 2.26 bits per heavy atom. The van der Waals surface area contributed by atoms with Gasteiger partial charge in [-0.1, -0.05) is 91.9 Å². The number of para-hydroxylation sites is 1. The SMILES string of the molecule is C[C@H]1[C@H](C(C)(C)F)[C@@H](CC(=O)N(CCO)Cc2ccccc2)O[C@]12C(=O)N(Cc1ccc(N3C(=O)c4cccc5cccc3c45)cc1)c1ccccc12. The highest BCUT2D eigenvalue weighted by Crippen LogP contribution is 2.58. The van der Waals surface area contributed by atoms with Crippen LogP contribution in [0, 0.1) is 11.8 Å². The number of aliphatic hydroxyl groups excluding tert-OH is 1. The number of amides is 3. The highest BCUT2D eigenvalue weighted by Gasteiger charge is 2.66. The van der Waals surface area contributed by atoms with E-state index in [2.05, 4.69) is 0 Å². The molecule has 3 aliphatic heterocycles. The molecule has 5 aromatic carbocycles. The van der Waals surface area contributed by atoms with E-state index in [1.54, 1.807) is 14.7 Å². The molecule has 1 N–H and O–H groups in total. The molecule has 1 spiro atoms. The van der Waals surface area contributed by atoms with Gasteiger partial charge in [0.05, 0.1) is 42.6 Å². The Hall–Kier alpha value is -5.38. The van der Waals surface area contributed by atoms with Crippen molar-refractivity contribution in [3.8, 4) is 0 Å². The lowest BCUT2D eigenvalue weighted by atomic mass is 9.71. The van der Waals surface area contributed by atoms with Crippen molar-refractivity contribution in [3.63, 3.8) is 0 Å². The molecule has 0 radical (unpaired) electrons. The van der Waals surface area contributed by atoms with Gasteiger partial charge >= 0.3 is 0 Å². The van der Waals surface area contributed by atoms with Gasteiger partial charge in [-0.2, -0.15) is 0 Å². The molecule has 5 aromatic rings. The molecular formula is C44H42FN3O5. The van der Waals surface area contributed by atoms with Gasteiger partial charge in [0.2, 0.25) is 5.91 Å². The van der Waals surface area contributed by atoms with Crippen LogP contribution in [0.1, 0.15) is 54.2 Å². The minimum atomic E-state index is -1.77. The molecule has 3 heterocycles. The highest BCUT2D eigenvalue weighted by molar-refractivity contribution is 6.27. The van der Waals surface area contributed by atoms with Crippen molar-refractivity contribution < 1.29 is 28.6 Å². The molecule has 8 rings (SSSR count). The van der Waals surface area contributed by atoms with Crippen LogP contribution in [0.2, 0.25) is 0 Å². The highest BCUT2D eigenvalue weighted by atomic mass is 19.1. The molecule has 9 heteroatoms. The Balaban J connectivity index is 1.07. The molecule has 4 atom stereocenters. The predicted molar refractivity (Wildman–Crippen MR) is 202 cm³/mol. The van der Waals surface area contributed by atoms with Crippen molar-refractivity contribution in [2.45, 2.75) is 57.7 Å². The summed E-state index contributed by atoms with van der Waals surface area (Å²) in [6.45, 7) is 5.24. The van der Waals surface area contributed by atoms with Gasteiger partial charge in [0, 0.05) is 41.6 Å². The molecule has 0 bridgehead atoms. The molecular weight excluding hydrogens is 669 g/mol. The van der Waals surface area contributed by atoms with Gasteiger partial charge in [-0.25, -0.2) is 4.39 Å². The van der Waals surface area contributed by atoms with Crippen LogP contribution in [0.5, 0.6) is 0 Å². The van der Waals surface area contributed by atoms with Gasteiger partial charge in [0.15, 0.2) is 5.60 Å². The monoisotopic (exact) mass is 711 g/mol. The number of carbonyl (C=O) groups excluding carboxylic acids is 3. The fraction of sp³-hybridized carbons (Fsp3) is 0.295. The van der Waals surface area contributed by atoms with E-state index < -0.39 is 29.2 Å². The summed E-state index contributed by atoms with van der Waals surface area (Å²) in [4.78, 5) is 47.2. The van der Waals surface area contributed by atoms with Gasteiger partial charge in [0.1, 0.15) is 5.67 Å². The summed E-state index contributed by atoms with van der Waals surface area (Å²) in [7, 11) is 0. The summed E-state index contributed by atoms with van der Waals surface area (Å²) in [6, 6.07) is 36.3. The van der Waals surface area contributed by atoms with Crippen LogP contribution in [0.3, 0.4) is 0 Å². The summed E-state index contributed by atoms with van der Waals surface area (Å²) in [5, 5.41) is 11.8. The van der Waals surface area contributed by atoms with Crippen molar-refractivity contribution in [3.05, 3.63) is 138 Å². The van der Waals surface area contributed by atoms with Crippen molar-refractivity contribution in [2.24, 2.45) is 11.8 Å². The van der Waals surface area contributed by atoms with E-state index in [4.69, 9.17) is 4.74 Å². The number of halogens is 1. The first kappa shape index (κ1) is 34.7. The summed E-state index contributed by atoms with van der Waals surface area (Å²) in [5.41, 5.74) is 2.05. The van der Waals surface area contributed by atoms with Crippen LogP contribution in [-0.2, 0) is 33.0 Å². The third kappa shape index (κ3) is 5.70. The molecule has 270 valence electrons. The number of anilines is 3. The van der Waals surface area contributed by atoms with E-state index in [9.17, 15) is 19.5 Å². The quantitative estimate of drug-likeness (QED) is 0.161. The lowest BCUT2D eigenvalue weighted by Gasteiger charge is -2.32. The van der Waals surface area contributed by atoms with E-state index in [0.717, 1.165) is 33.3 Å². The molecule has 0 saturated carbocycles. The van der Waals surface area contributed by atoms with E-state index in [-0.39, 0.29) is 43.8 Å². The Labute approximate surface area is 308 Å². The number of benzene rings is 5. The molecule has 53 heavy (non-hydrogen) atoms. The third-order valence-electron chi connectivity index (χ3n) is 11.3.